The molecule has 0 radical (unpaired) electrons. The quantitative estimate of drug-likeness (QED) is 0.894. The molecule has 0 heterocycles. The van der Waals surface area contributed by atoms with Crippen LogP contribution in [-0.4, -0.2) is 32.7 Å². The molecule has 0 spiro atoms. The first-order valence-electron chi connectivity index (χ1n) is 7.85. The van der Waals surface area contributed by atoms with Gasteiger partial charge in [0.2, 0.25) is 15.9 Å². The molecule has 1 aliphatic carbocycles. The molecule has 1 unspecified atom stereocenters. The van der Waals surface area contributed by atoms with Crippen molar-refractivity contribution in [2.24, 2.45) is 0 Å². The number of rotatable bonds is 5. The number of sulfonamides is 1. The highest BCUT2D eigenvalue weighted by Crippen LogP contribution is 2.24. The number of anilines is 1. The van der Waals surface area contributed by atoms with Crippen LogP contribution in [0, 0.1) is 5.82 Å². The smallest absolute Gasteiger partial charge is 0.243 e. The highest BCUT2D eigenvalue weighted by Gasteiger charge is 2.31. The second-order valence-corrected chi connectivity index (χ2v) is 7.89. The van der Waals surface area contributed by atoms with Crippen molar-refractivity contribution in [3.63, 3.8) is 0 Å². The molecule has 0 bridgehead atoms. The second kappa shape index (κ2) is 7.29. The SMILES string of the molecule is CC(C(=O)NC1CCCCC1)N(c1ccccc1F)S(C)(=O)=O. The minimum absolute atomic E-state index is 0.0701. The maximum absolute atomic E-state index is 14.0. The summed E-state index contributed by atoms with van der Waals surface area (Å²) in [6.07, 6.45) is 6.05. The average molecular weight is 342 g/mol. The van der Waals surface area contributed by atoms with Gasteiger partial charge in [-0.2, -0.15) is 0 Å². The Hall–Kier alpha value is -1.63. The van der Waals surface area contributed by atoms with E-state index in [2.05, 4.69) is 5.32 Å². The topological polar surface area (TPSA) is 66.5 Å². The Morgan fingerprint density at radius 1 is 1.26 bits per heavy atom. The number of carbonyl (C=O) groups excluding carboxylic acids is 1. The molecule has 0 aromatic heterocycles. The van der Waals surface area contributed by atoms with Crippen molar-refractivity contribution >= 4 is 21.6 Å². The van der Waals surface area contributed by atoms with Gasteiger partial charge in [-0.25, -0.2) is 12.8 Å². The van der Waals surface area contributed by atoms with Crippen molar-refractivity contribution in [1.29, 1.82) is 0 Å². The molecule has 1 fully saturated rings. The van der Waals surface area contributed by atoms with E-state index in [9.17, 15) is 17.6 Å². The van der Waals surface area contributed by atoms with Crippen LogP contribution >= 0.6 is 0 Å². The predicted octanol–water partition coefficient (Wildman–Crippen LogP) is 2.43. The van der Waals surface area contributed by atoms with Crippen LogP contribution in [0.4, 0.5) is 10.1 Å². The van der Waals surface area contributed by atoms with E-state index in [4.69, 9.17) is 0 Å². The van der Waals surface area contributed by atoms with E-state index < -0.39 is 27.8 Å². The number of halogens is 1. The molecule has 0 saturated heterocycles. The highest BCUT2D eigenvalue weighted by molar-refractivity contribution is 7.92. The van der Waals surface area contributed by atoms with Gasteiger partial charge in [0.25, 0.3) is 0 Å². The van der Waals surface area contributed by atoms with Gasteiger partial charge in [0.15, 0.2) is 0 Å². The predicted molar refractivity (Wildman–Crippen MR) is 88.2 cm³/mol. The lowest BCUT2D eigenvalue weighted by Gasteiger charge is -2.31. The lowest BCUT2D eigenvalue weighted by molar-refractivity contribution is -0.122. The zero-order chi connectivity index (χ0) is 17.0. The van der Waals surface area contributed by atoms with E-state index >= 15 is 0 Å². The molecule has 1 saturated carbocycles. The molecule has 23 heavy (non-hydrogen) atoms. The number of nitrogens with zero attached hydrogens (tertiary/aromatic N) is 1. The molecule has 128 valence electrons. The molecule has 1 N–H and O–H groups in total. The van der Waals surface area contributed by atoms with Crippen LogP contribution in [0.25, 0.3) is 0 Å². The minimum Gasteiger partial charge on any atom is -0.352 e. The summed E-state index contributed by atoms with van der Waals surface area (Å²) < 4.78 is 39.1. The fourth-order valence-electron chi connectivity index (χ4n) is 2.98. The summed E-state index contributed by atoms with van der Waals surface area (Å²) in [5, 5.41) is 2.89. The molecule has 0 aliphatic heterocycles. The van der Waals surface area contributed by atoms with E-state index in [0.717, 1.165) is 42.7 Å². The van der Waals surface area contributed by atoms with Crippen molar-refractivity contribution in [3.8, 4) is 0 Å². The van der Waals surface area contributed by atoms with Crippen LogP contribution in [0.1, 0.15) is 39.0 Å². The van der Waals surface area contributed by atoms with Crippen molar-refractivity contribution in [2.75, 3.05) is 10.6 Å². The number of hydrogen-bond donors (Lipinski definition) is 1. The van der Waals surface area contributed by atoms with Gasteiger partial charge in [0, 0.05) is 6.04 Å². The van der Waals surface area contributed by atoms with Crippen LogP contribution < -0.4 is 9.62 Å². The van der Waals surface area contributed by atoms with Crippen LogP contribution in [0.5, 0.6) is 0 Å². The lowest BCUT2D eigenvalue weighted by atomic mass is 9.95. The first-order chi connectivity index (χ1) is 10.8. The molecule has 1 aliphatic rings. The number of nitrogens with one attached hydrogen (secondary N) is 1. The third-order valence-electron chi connectivity index (χ3n) is 4.13. The second-order valence-electron chi connectivity index (χ2n) is 6.03. The monoisotopic (exact) mass is 342 g/mol. The summed E-state index contributed by atoms with van der Waals surface area (Å²) in [6.45, 7) is 1.48. The Bertz CT molecular complexity index is 657. The molecular formula is C16H23FN2O3S. The number of carbonyl (C=O) groups is 1. The van der Waals surface area contributed by atoms with Crippen LogP contribution in [0.15, 0.2) is 24.3 Å². The summed E-state index contributed by atoms with van der Waals surface area (Å²) in [6, 6.07) is 4.62. The maximum atomic E-state index is 14.0. The van der Waals surface area contributed by atoms with Crippen LogP contribution in [-0.2, 0) is 14.8 Å². The Morgan fingerprint density at radius 2 is 1.87 bits per heavy atom. The molecule has 1 aromatic carbocycles. The summed E-state index contributed by atoms with van der Waals surface area (Å²) >= 11 is 0. The van der Waals surface area contributed by atoms with Crippen molar-refractivity contribution < 1.29 is 17.6 Å². The van der Waals surface area contributed by atoms with E-state index in [0.29, 0.717) is 0 Å². The largest absolute Gasteiger partial charge is 0.352 e. The van der Waals surface area contributed by atoms with Gasteiger partial charge in [0.05, 0.1) is 11.9 Å². The Morgan fingerprint density at radius 3 is 2.43 bits per heavy atom. The molecule has 1 aromatic rings. The fourth-order valence-corrected chi connectivity index (χ4v) is 4.16. The number of hydrogen-bond acceptors (Lipinski definition) is 3. The highest BCUT2D eigenvalue weighted by atomic mass is 32.2. The average Bonchev–Trinajstić information content (AvgIpc) is 2.49. The molecule has 2 rings (SSSR count). The molecule has 1 amide bonds. The van der Waals surface area contributed by atoms with Crippen molar-refractivity contribution in [3.05, 3.63) is 30.1 Å². The van der Waals surface area contributed by atoms with Gasteiger partial charge in [-0.3, -0.25) is 9.10 Å². The fraction of sp³-hybridized carbons (Fsp3) is 0.562. The van der Waals surface area contributed by atoms with E-state index in [1.165, 1.54) is 25.1 Å². The summed E-state index contributed by atoms with van der Waals surface area (Å²) in [4.78, 5) is 12.4. The van der Waals surface area contributed by atoms with Gasteiger partial charge < -0.3 is 5.32 Å². The van der Waals surface area contributed by atoms with E-state index in [1.54, 1.807) is 6.07 Å². The van der Waals surface area contributed by atoms with Crippen molar-refractivity contribution in [2.45, 2.75) is 51.1 Å². The zero-order valence-electron chi connectivity index (χ0n) is 13.5. The van der Waals surface area contributed by atoms with Gasteiger partial charge in [0.1, 0.15) is 11.9 Å². The third-order valence-corrected chi connectivity index (χ3v) is 5.36. The van der Waals surface area contributed by atoms with Crippen LogP contribution in [0.2, 0.25) is 0 Å². The van der Waals surface area contributed by atoms with E-state index in [-0.39, 0.29) is 11.7 Å². The maximum Gasteiger partial charge on any atom is 0.243 e. The number of amides is 1. The minimum atomic E-state index is -3.79. The molecular weight excluding hydrogens is 319 g/mol. The van der Waals surface area contributed by atoms with Gasteiger partial charge in [-0.15, -0.1) is 0 Å². The summed E-state index contributed by atoms with van der Waals surface area (Å²) in [5.74, 6) is -1.07. The zero-order valence-corrected chi connectivity index (χ0v) is 14.3. The summed E-state index contributed by atoms with van der Waals surface area (Å²) in [5.41, 5.74) is -0.110. The van der Waals surface area contributed by atoms with Gasteiger partial charge >= 0.3 is 0 Å². The Kier molecular flexibility index (Phi) is 5.62. The van der Waals surface area contributed by atoms with Crippen molar-refractivity contribution in [1.82, 2.24) is 5.32 Å². The lowest BCUT2D eigenvalue weighted by Crippen LogP contribution is -2.50. The standard InChI is InChI=1S/C16H23FN2O3S/c1-12(16(20)18-13-8-4-3-5-9-13)19(23(2,21)22)15-11-7-6-10-14(15)17/h6-7,10-13H,3-5,8-9H2,1-2H3,(H,18,20). The van der Waals surface area contributed by atoms with Crippen LogP contribution in [0.3, 0.4) is 0 Å². The molecule has 5 nitrogen and oxygen atoms in total. The molecule has 1 atom stereocenters. The third kappa shape index (κ3) is 4.43. The Labute approximate surface area is 136 Å². The van der Waals surface area contributed by atoms with Gasteiger partial charge in [-0.1, -0.05) is 31.4 Å². The Balaban J connectivity index is 2.22. The molecule has 7 heteroatoms. The first-order valence-corrected chi connectivity index (χ1v) is 9.70. The number of para-hydroxylation sites is 1. The van der Waals surface area contributed by atoms with Gasteiger partial charge in [-0.05, 0) is 31.9 Å². The summed E-state index contributed by atoms with van der Waals surface area (Å²) in [7, 11) is -3.79. The normalized spacial score (nSPS) is 17.5. The first kappa shape index (κ1) is 17.7. The number of benzene rings is 1. The van der Waals surface area contributed by atoms with E-state index in [1.807, 2.05) is 0 Å².